The van der Waals surface area contributed by atoms with Crippen molar-refractivity contribution >= 4 is 40.1 Å². The lowest BCUT2D eigenvalue weighted by Crippen LogP contribution is -2.38. The van der Waals surface area contributed by atoms with Crippen molar-refractivity contribution in [2.24, 2.45) is 5.92 Å². The number of ketones is 1. The van der Waals surface area contributed by atoms with Crippen molar-refractivity contribution in [2.45, 2.75) is 25.1 Å². The first kappa shape index (κ1) is 24.6. The minimum Gasteiger partial charge on any atom is -0.325 e. The van der Waals surface area contributed by atoms with E-state index in [9.17, 15) is 28.0 Å². The summed E-state index contributed by atoms with van der Waals surface area (Å²) in [4.78, 5) is 27.4. The second-order valence-corrected chi connectivity index (χ2v) is 9.42. The van der Waals surface area contributed by atoms with E-state index in [2.05, 4.69) is 10.4 Å². The molecule has 1 aromatic heterocycles. The molecule has 6 nitrogen and oxygen atoms in total. The molecular formula is C27H19F3N4O2S. The number of thioether (sulfide) groups is 1. The van der Waals surface area contributed by atoms with E-state index in [1.54, 1.807) is 16.2 Å². The summed E-state index contributed by atoms with van der Waals surface area (Å²) < 4.78 is 40.9. The van der Waals surface area contributed by atoms with E-state index in [0.717, 1.165) is 40.4 Å². The number of amides is 1. The molecule has 0 radical (unpaired) electrons. The van der Waals surface area contributed by atoms with Crippen LogP contribution in [-0.2, 0) is 11.0 Å². The van der Waals surface area contributed by atoms with Gasteiger partial charge in [0.25, 0.3) is 0 Å². The van der Waals surface area contributed by atoms with Gasteiger partial charge in [-0.3, -0.25) is 14.3 Å². The largest absolute Gasteiger partial charge is 0.416 e. The summed E-state index contributed by atoms with van der Waals surface area (Å²) in [7, 11) is 0. The van der Waals surface area contributed by atoms with E-state index < -0.39 is 29.3 Å². The number of anilines is 1. The lowest BCUT2D eigenvalue weighted by molar-refractivity contribution is -0.137. The molecule has 3 aliphatic rings. The zero-order valence-electron chi connectivity index (χ0n) is 19.2. The second kappa shape index (κ2) is 9.75. The van der Waals surface area contributed by atoms with Gasteiger partial charge in [0.15, 0.2) is 5.92 Å². The highest BCUT2D eigenvalue weighted by atomic mass is 32.2. The molecule has 0 fully saturated rings. The molecule has 1 aliphatic heterocycles. The summed E-state index contributed by atoms with van der Waals surface area (Å²) in [5.74, 6) is -3.64. The Hall–Kier alpha value is -4.10. The number of halogens is 3. The summed E-state index contributed by atoms with van der Waals surface area (Å²) >= 11 is 1.43. The molecule has 0 saturated heterocycles. The van der Waals surface area contributed by atoms with Crippen LogP contribution in [0.4, 0.5) is 18.9 Å². The maximum Gasteiger partial charge on any atom is 0.416 e. The summed E-state index contributed by atoms with van der Waals surface area (Å²) in [6.45, 7) is 0. The molecule has 0 bridgehead atoms. The van der Waals surface area contributed by atoms with Crippen LogP contribution in [0.1, 0.15) is 34.9 Å². The van der Waals surface area contributed by atoms with E-state index in [4.69, 9.17) is 0 Å². The highest BCUT2D eigenvalue weighted by Gasteiger charge is 2.34. The third-order valence-electron chi connectivity index (χ3n) is 6.11. The van der Waals surface area contributed by atoms with Gasteiger partial charge < -0.3 is 5.32 Å². The Bertz CT molecular complexity index is 1580. The fraction of sp³-hybridized carbons (Fsp3) is 0.185. The first-order valence-corrected chi connectivity index (χ1v) is 12.3. The van der Waals surface area contributed by atoms with Crippen molar-refractivity contribution in [1.82, 2.24) is 9.78 Å². The maximum absolute atomic E-state index is 13.5. The molecule has 2 heterocycles. The number of nitriles is 1. The number of nitrogens with zero attached hydrogens (tertiary/aromatic N) is 3. The van der Waals surface area contributed by atoms with Crippen LogP contribution in [0.25, 0.3) is 11.0 Å². The molecule has 2 aromatic rings. The van der Waals surface area contributed by atoms with Crippen molar-refractivity contribution in [3.63, 3.8) is 0 Å². The standard InChI is InChI=1S/C27H19F3N4O2S/c28-27(29,30)16-7-6-8-17(13-16)32-26(36)20(14-31)25(35)23-21-15-37-22-12-5-4-11-19(22)24(21)34(33-23)18-9-2-1-3-10-18/h2-10,12-13,15,18,20H,1,11H2,(H,32,36). The van der Waals surface area contributed by atoms with E-state index >= 15 is 0 Å². The number of carbonyl (C=O) groups is 2. The summed E-state index contributed by atoms with van der Waals surface area (Å²) in [6, 6.07) is 5.47. The molecule has 1 N–H and O–H groups in total. The van der Waals surface area contributed by atoms with Gasteiger partial charge in [-0.25, -0.2) is 0 Å². The Morgan fingerprint density at radius 1 is 1.22 bits per heavy atom. The monoisotopic (exact) mass is 520 g/mol. The molecule has 186 valence electrons. The molecule has 5 rings (SSSR count). The van der Waals surface area contributed by atoms with Crippen molar-refractivity contribution in [3.8, 4) is 6.07 Å². The second-order valence-electron chi connectivity index (χ2n) is 8.51. The minimum absolute atomic E-state index is 0.0262. The lowest BCUT2D eigenvalue weighted by atomic mass is 10.00. The quantitative estimate of drug-likeness (QED) is 0.359. The summed E-state index contributed by atoms with van der Waals surface area (Å²) in [5.41, 5.74) is -0.160. The first-order valence-electron chi connectivity index (χ1n) is 11.4. The van der Waals surface area contributed by atoms with Gasteiger partial charge >= 0.3 is 6.18 Å². The number of rotatable bonds is 5. The molecule has 1 amide bonds. The number of hydrogen-bond acceptors (Lipinski definition) is 5. The number of nitrogens with one attached hydrogen (secondary N) is 1. The van der Waals surface area contributed by atoms with Crippen LogP contribution in [0.3, 0.4) is 0 Å². The first-order chi connectivity index (χ1) is 17.8. The molecule has 37 heavy (non-hydrogen) atoms. The van der Waals surface area contributed by atoms with Crippen LogP contribution < -0.4 is 15.9 Å². The third-order valence-corrected chi connectivity index (χ3v) is 7.10. The number of hydrogen-bond donors (Lipinski definition) is 1. The van der Waals surface area contributed by atoms with Crippen LogP contribution in [0, 0.1) is 17.2 Å². The van der Waals surface area contributed by atoms with Gasteiger partial charge in [0, 0.05) is 15.8 Å². The lowest BCUT2D eigenvalue weighted by Gasteiger charge is -2.18. The minimum atomic E-state index is -4.61. The molecule has 1 aromatic carbocycles. The molecule has 0 spiro atoms. The molecule has 1 atom stereocenters. The van der Waals surface area contributed by atoms with Gasteiger partial charge in [-0.2, -0.15) is 23.5 Å². The van der Waals surface area contributed by atoms with Crippen LogP contribution in [0.15, 0.2) is 71.7 Å². The number of alkyl halides is 3. The Morgan fingerprint density at radius 3 is 2.73 bits per heavy atom. The number of Topliss-reactive ketones (excluding diaryl/α,β-unsaturated/α-hetero) is 1. The van der Waals surface area contributed by atoms with Gasteiger partial charge in [-0.1, -0.05) is 54.3 Å². The van der Waals surface area contributed by atoms with Crippen molar-refractivity contribution in [2.75, 3.05) is 5.32 Å². The van der Waals surface area contributed by atoms with Gasteiger partial charge in [-0.05, 0) is 48.1 Å². The SMILES string of the molecule is N#CC(C(=O)Nc1cccc(C(F)(F)F)c1)C(=O)c1nn(C2C=CCC=C2)c2c1=CSC1=CC=CCC=21. The molecular weight excluding hydrogens is 501 g/mol. The Morgan fingerprint density at radius 2 is 2.00 bits per heavy atom. The molecule has 0 saturated carbocycles. The highest BCUT2D eigenvalue weighted by Crippen LogP contribution is 2.33. The average molecular weight is 521 g/mol. The predicted octanol–water partition coefficient (Wildman–Crippen LogP) is 4.40. The third kappa shape index (κ3) is 4.70. The number of carbonyl (C=O) groups excluding carboxylic acids is 2. The van der Waals surface area contributed by atoms with Gasteiger partial charge in [0.2, 0.25) is 11.7 Å². The van der Waals surface area contributed by atoms with Gasteiger partial charge in [-0.15, -0.1) is 0 Å². The predicted molar refractivity (Wildman–Crippen MR) is 134 cm³/mol. The van der Waals surface area contributed by atoms with Crippen LogP contribution >= 0.6 is 11.8 Å². The molecule has 1 unspecified atom stereocenters. The molecule has 10 heteroatoms. The van der Waals surface area contributed by atoms with Crippen LogP contribution in [0.2, 0.25) is 0 Å². The summed E-state index contributed by atoms with van der Waals surface area (Å²) in [5, 5.41) is 19.6. The maximum atomic E-state index is 13.5. The highest BCUT2D eigenvalue weighted by molar-refractivity contribution is 8.10. The Balaban J connectivity index is 1.54. The van der Waals surface area contributed by atoms with Crippen LogP contribution in [0.5, 0.6) is 0 Å². The van der Waals surface area contributed by atoms with E-state index in [1.165, 1.54) is 17.8 Å². The van der Waals surface area contributed by atoms with E-state index in [1.807, 2.05) is 42.5 Å². The number of aromatic nitrogens is 2. The van der Waals surface area contributed by atoms with Crippen LogP contribution in [-0.4, -0.2) is 21.5 Å². The van der Waals surface area contributed by atoms with Crippen molar-refractivity contribution in [1.29, 1.82) is 5.26 Å². The number of allylic oxidation sites excluding steroid dienone is 8. The number of benzene rings is 1. The average Bonchev–Trinajstić information content (AvgIpc) is 3.29. The number of fused-ring (bicyclic) bond motifs is 2. The fourth-order valence-corrected chi connectivity index (χ4v) is 5.30. The van der Waals surface area contributed by atoms with Crippen molar-refractivity contribution in [3.05, 3.63) is 93.5 Å². The van der Waals surface area contributed by atoms with E-state index in [-0.39, 0.29) is 17.4 Å². The Kier molecular flexibility index (Phi) is 6.48. The topological polar surface area (TPSA) is 87.8 Å². The summed E-state index contributed by atoms with van der Waals surface area (Å²) in [6.07, 6.45) is 10.7. The van der Waals surface area contributed by atoms with E-state index in [0.29, 0.717) is 11.6 Å². The Labute approximate surface area is 213 Å². The molecule has 2 aliphatic carbocycles. The van der Waals surface area contributed by atoms with Gasteiger partial charge in [0.1, 0.15) is 5.69 Å². The smallest absolute Gasteiger partial charge is 0.325 e. The fourth-order valence-electron chi connectivity index (χ4n) is 4.35. The zero-order chi connectivity index (χ0) is 26.2. The normalized spacial score (nSPS) is 17.2. The zero-order valence-corrected chi connectivity index (χ0v) is 20.0. The van der Waals surface area contributed by atoms with Crippen molar-refractivity contribution < 1.29 is 22.8 Å². The van der Waals surface area contributed by atoms with Gasteiger partial charge in [0.05, 0.1) is 23.0 Å².